The summed E-state index contributed by atoms with van der Waals surface area (Å²) >= 11 is 0. The number of allylic oxidation sites excluding steroid dienone is 3. The first-order chi connectivity index (χ1) is 25.1. The first-order valence-corrected chi connectivity index (χ1v) is 22.7. The van der Waals surface area contributed by atoms with E-state index in [9.17, 15) is 20.1 Å². The van der Waals surface area contributed by atoms with Gasteiger partial charge in [0, 0.05) is 0 Å². The summed E-state index contributed by atoms with van der Waals surface area (Å²) in [6.07, 6.45) is 50.7. The van der Waals surface area contributed by atoms with Gasteiger partial charge in [-0.2, -0.15) is 0 Å². The summed E-state index contributed by atoms with van der Waals surface area (Å²) in [5, 5.41) is 33.1. The van der Waals surface area contributed by atoms with Crippen molar-refractivity contribution in [2.75, 3.05) is 6.61 Å². The highest BCUT2D eigenvalue weighted by atomic mass is 16.3. The van der Waals surface area contributed by atoms with Gasteiger partial charge in [-0.15, -0.1) is 0 Å². The summed E-state index contributed by atoms with van der Waals surface area (Å²) in [4.78, 5) is 12.4. The van der Waals surface area contributed by atoms with Crippen LogP contribution in [0.15, 0.2) is 24.3 Å². The highest BCUT2D eigenvalue weighted by molar-refractivity contribution is 5.80. The second kappa shape index (κ2) is 41.6. The van der Waals surface area contributed by atoms with Gasteiger partial charge >= 0.3 is 0 Å². The van der Waals surface area contributed by atoms with E-state index < -0.39 is 24.2 Å². The van der Waals surface area contributed by atoms with Gasteiger partial charge in [-0.05, 0) is 44.9 Å². The molecule has 0 spiro atoms. The van der Waals surface area contributed by atoms with Crippen LogP contribution in [0.1, 0.15) is 239 Å². The number of nitrogens with one attached hydrogen (secondary N) is 1. The van der Waals surface area contributed by atoms with Crippen LogP contribution in [0.2, 0.25) is 0 Å². The summed E-state index contributed by atoms with van der Waals surface area (Å²) in [5.41, 5.74) is 0. The molecule has 0 aliphatic carbocycles. The molecule has 0 bridgehead atoms. The average molecular weight is 720 g/mol. The zero-order chi connectivity index (χ0) is 37.3. The van der Waals surface area contributed by atoms with Gasteiger partial charge in [0.25, 0.3) is 0 Å². The van der Waals surface area contributed by atoms with E-state index in [-0.39, 0.29) is 6.61 Å². The molecule has 0 radical (unpaired) electrons. The number of carbonyl (C=O) groups excluding carboxylic acids is 1. The second-order valence-electron chi connectivity index (χ2n) is 15.6. The average Bonchev–Trinajstić information content (AvgIpc) is 3.13. The minimum absolute atomic E-state index is 0.364. The topological polar surface area (TPSA) is 89.8 Å². The van der Waals surface area contributed by atoms with Crippen molar-refractivity contribution in [2.45, 2.75) is 257 Å². The Hall–Kier alpha value is -1.17. The zero-order valence-corrected chi connectivity index (χ0v) is 34.2. The maximum Gasteiger partial charge on any atom is 0.249 e. The molecule has 0 fully saturated rings. The Labute approximate surface area is 318 Å². The number of amides is 1. The third-order valence-electron chi connectivity index (χ3n) is 10.5. The van der Waals surface area contributed by atoms with E-state index in [1.54, 1.807) is 6.08 Å². The van der Waals surface area contributed by atoms with Crippen LogP contribution in [0.4, 0.5) is 0 Å². The van der Waals surface area contributed by atoms with Crippen molar-refractivity contribution in [2.24, 2.45) is 0 Å². The Balaban J connectivity index is 3.63. The van der Waals surface area contributed by atoms with Crippen molar-refractivity contribution in [3.8, 4) is 0 Å². The van der Waals surface area contributed by atoms with Crippen molar-refractivity contribution in [1.29, 1.82) is 0 Å². The van der Waals surface area contributed by atoms with Crippen LogP contribution in [0.25, 0.3) is 0 Å². The molecule has 0 aliphatic heterocycles. The fourth-order valence-electron chi connectivity index (χ4n) is 6.94. The zero-order valence-electron chi connectivity index (χ0n) is 34.2. The molecule has 0 saturated carbocycles. The van der Waals surface area contributed by atoms with E-state index in [0.29, 0.717) is 6.42 Å². The van der Waals surface area contributed by atoms with E-state index in [1.165, 1.54) is 186 Å². The molecule has 0 aromatic carbocycles. The number of rotatable bonds is 41. The van der Waals surface area contributed by atoms with Gasteiger partial charge in [0.2, 0.25) is 5.91 Å². The lowest BCUT2D eigenvalue weighted by Gasteiger charge is -2.21. The molecule has 302 valence electrons. The Kier molecular flexibility index (Phi) is 40.6. The molecule has 3 unspecified atom stereocenters. The highest BCUT2D eigenvalue weighted by Crippen LogP contribution is 2.16. The number of hydrogen-bond donors (Lipinski definition) is 4. The SMILES string of the molecule is CCCCCC/C=C\CCCCCCCCC(O)C(=O)NC(CO)C(O)/C=C/CCCCCCCCCCCCCCCCCCCCCCC. The van der Waals surface area contributed by atoms with Gasteiger partial charge in [-0.25, -0.2) is 0 Å². The maximum atomic E-state index is 12.4. The largest absolute Gasteiger partial charge is 0.394 e. The summed E-state index contributed by atoms with van der Waals surface area (Å²) < 4.78 is 0. The van der Waals surface area contributed by atoms with Gasteiger partial charge < -0.3 is 20.6 Å². The summed E-state index contributed by atoms with van der Waals surface area (Å²) in [6.45, 7) is 4.17. The first kappa shape index (κ1) is 49.8. The molecule has 5 nitrogen and oxygen atoms in total. The molecular weight excluding hydrogens is 631 g/mol. The van der Waals surface area contributed by atoms with Crippen LogP contribution in [-0.2, 0) is 4.79 Å². The number of aliphatic hydroxyl groups is 3. The highest BCUT2D eigenvalue weighted by Gasteiger charge is 2.22. The van der Waals surface area contributed by atoms with Gasteiger partial charge in [0.15, 0.2) is 0 Å². The number of unbranched alkanes of at least 4 members (excludes halogenated alkanes) is 31. The van der Waals surface area contributed by atoms with Crippen molar-refractivity contribution >= 4 is 5.91 Å². The molecular formula is C46H89NO4. The lowest BCUT2D eigenvalue weighted by molar-refractivity contribution is -0.131. The van der Waals surface area contributed by atoms with Crippen molar-refractivity contribution in [3.63, 3.8) is 0 Å². The normalized spacial score (nSPS) is 13.7. The molecule has 0 aliphatic rings. The predicted molar refractivity (Wildman–Crippen MR) is 222 cm³/mol. The summed E-state index contributed by atoms with van der Waals surface area (Å²) in [6, 6.07) is -0.798. The van der Waals surface area contributed by atoms with Gasteiger partial charge in [0.05, 0.1) is 18.8 Å². The predicted octanol–water partition coefficient (Wildman–Crippen LogP) is 13.0. The molecule has 51 heavy (non-hydrogen) atoms. The standard InChI is InChI=1S/C46H89NO4/c1-3-5-7-9-11-13-15-17-19-20-21-22-23-24-25-26-27-29-30-32-34-36-38-40-44(49)43(42-48)47-46(51)45(50)41-39-37-35-33-31-28-18-16-14-12-10-8-6-4-2/h14,16,38,40,43-45,48-50H,3-13,15,17-37,39,41-42H2,1-2H3,(H,47,51)/b16-14-,40-38+. The minimum atomic E-state index is -1.10. The fourth-order valence-corrected chi connectivity index (χ4v) is 6.94. The van der Waals surface area contributed by atoms with Crippen LogP contribution in [0.5, 0.6) is 0 Å². The van der Waals surface area contributed by atoms with E-state index in [0.717, 1.165) is 32.1 Å². The Morgan fingerprint density at radius 2 is 0.784 bits per heavy atom. The van der Waals surface area contributed by atoms with E-state index in [2.05, 4.69) is 31.3 Å². The van der Waals surface area contributed by atoms with Gasteiger partial charge in [-0.1, -0.05) is 218 Å². The molecule has 1 amide bonds. The fraction of sp³-hybridized carbons (Fsp3) is 0.891. The Bertz CT molecular complexity index is 754. The molecule has 0 heterocycles. The van der Waals surface area contributed by atoms with Crippen molar-refractivity contribution < 1.29 is 20.1 Å². The number of aliphatic hydroxyl groups excluding tert-OH is 3. The summed E-state index contributed by atoms with van der Waals surface area (Å²) in [7, 11) is 0. The molecule has 5 heteroatoms. The minimum Gasteiger partial charge on any atom is -0.394 e. The van der Waals surface area contributed by atoms with Crippen molar-refractivity contribution in [3.05, 3.63) is 24.3 Å². The van der Waals surface area contributed by atoms with Crippen LogP contribution >= 0.6 is 0 Å². The Morgan fingerprint density at radius 1 is 0.471 bits per heavy atom. The molecule has 0 rings (SSSR count). The third-order valence-corrected chi connectivity index (χ3v) is 10.5. The molecule has 0 saturated heterocycles. The monoisotopic (exact) mass is 720 g/mol. The van der Waals surface area contributed by atoms with Crippen LogP contribution in [0.3, 0.4) is 0 Å². The quantitative estimate of drug-likeness (QED) is 0.0374. The smallest absolute Gasteiger partial charge is 0.249 e. The number of hydrogen-bond acceptors (Lipinski definition) is 4. The van der Waals surface area contributed by atoms with Crippen LogP contribution in [0, 0.1) is 0 Å². The molecule has 3 atom stereocenters. The van der Waals surface area contributed by atoms with Crippen molar-refractivity contribution in [1.82, 2.24) is 5.32 Å². The second-order valence-corrected chi connectivity index (χ2v) is 15.6. The summed E-state index contributed by atoms with van der Waals surface area (Å²) in [5.74, 6) is -0.507. The lowest BCUT2D eigenvalue weighted by Crippen LogP contribution is -2.48. The Morgan fingerprint density at radius 3 is 1.16 bits per heavy atom. The molecule has 0 aromatic heterocycles. The number of carbonyl (C=O) groups is 1. The third kappa shape index (κ3) is 37.0. The van der Waals surface area contributed by atoms with Crippen LogP contribution < -0.4 is 5.32 Å². The lowest BCUT2D eigenvalue weighted by atomic mass is 10.0. The maximum absolute atomic E-state index is 12.4. The molecule has 0 aromatic rings. The van der Waals surface area contributed by atoms with E-state index in [1.807, 2.05) is 6.08 Å². The van der Waals surface area contributed by atoms with E-state index in [4.69, 9.17) is 0 Å². The van der Waals surface area contributed by atoms with Gasteiger partial charge in [0.1, 0.15) is 6.10 Å². The van der Waals surface area contributed by atoms with E-state index >= 15 is 0 Å². The van der Waals surface area contributed by atoms with Crippen LogP contribution in [-0.4, -0.2) is 46.1 Å². The van der Waals surface area contributed by atoms with Gasteiger partial charge in [-0.3, -0.25) is 4.79 Å². The first-order valence-electron chi connectivity index (χ1n) is 22.7. The molecule has 4 N–H and O–H groups in total.